The molecule has 2 aromatic heterocycles. The Labute approximate surface area is 180 Å². The van der Waals surface area contributed by atoms with Crippen LogP contribution in [0.3, 0.4) is 0 Å². The predicted molar refractivity (Wildman–Crippen MR) is 119 cm³/mol. The van der Waals surface area contributed by atoms with Gasteiger partial charge in [0.05, 0.1) is 0 Å². The first-order valence-electron chi connectivity index (χ1n) is 9.94. The van der Waals surface area contributed by atoms with Gasteiger partial charge in [-0.2, -0.15) is 24.7 Å². The van der Waals surface area contributed by atoms with Gasteiger partial charge in [-0.15, -0.1) is 0 Å². The zero-order valence-corrected chi connectivity index (χ0v) is 18.0. The van der Waals surface area contributed by atoms with Crippen LogP contribution < -0.4 is 16.0 Å². The summed E-state index contributed by atoms with van der Waals surface area (Å²) < 4.78 is 1.47. The summed E-state index contributed by atoms with van der Waals surface area (Å²) in [6.07, 6.45) is 4.41. The second-order valence-electron chi connectivity index (χ2n) is 6.80. The highest BCUT2D eigenvalue weighted by Crippen LogP contribution is 2.21. The highest BCUT2D eigenvalue weighted by Gasteiger charge is 2.25. The van der Waals surface area contributed by atoms with Crippen LogP contribution in [-0.4, -0.2) is 48.2 Å². The Bertz CT molecular complexity index is 1080. The van der Waals surface area contributed by atoms with E-state index >= 15 is 0 Å². The van der Waals surface area contributed by atoms with Crippen molar-refractivity contribution in [2.24, 2.45) is 0 Å². The molecule has 10 nitrogen and oxygen atoms in total. The molecule has 3 aromatic rings. The SMILES string of the molecule is CCC(C#Cc1ccc(NC(C)=O)cc1)(CC)Nc1nc(NC)nc(-n2cncn2)n1. The minimum Gasteiger partial charge on any atom is -0.357 e. The van der Waals surface area contributed by atoms with Crippen LogP contribution in [0.2, 0.25) is 0 Å². The largest absolute Gasteiger partial charge is 0.357 e. The van der Waals surface area contributed by atoms with Crippen LogP contribution >= 0.6 is 0 Å². The molecular weight excluding hydrogens is 394 g/mol. The molecule has 0 radical (unpaired) electrons. The van der Waals surface area contributed by atoms with Gasteiger partial charge in [-0.05, 0) is 37.1 Å². The number of amides is 1. The minimum absolute atomic E-state index is 0.109. The maximum absolute atomic E-state index is 11.2. The van der Waals surface area contributed by atoms with Gasteiger partial charge < -0.3 is 16.0 Å². The predicted octanol–water partition coefficient (Wildman–Crippen LogP) is 2.47. The van der Waals surface area contributed by atoms with Crippen molar-refractivity contribution in [3.05, 3.63) is 42.5 Å². The number of nitrogens with zero attached hydrogens (tertiary/aromatic N) is 6. The fourth-order valence-corrected chi connectivity index (χ4v) is 2.83. The Morgan fingerprint density at radius 1 is 1.10 bits per heavy atom. The fourth-order valence-electron chi connectivity index (χ4n) is 2.83. The third kappa shape index (κ3) is 5.54. The lowest BCUT2D eigenvalue weighted by atomic mass is 9.93. The first-order chi connectivity index (χ1) is 15.0. The van der Waals surface area contributed by atoms with Crippen molar-refractivity contribution >= 4 is 23.5 Å². The molecule has 0 spiro atoms. The van der Waals surface area contributed by atoms with Crippen molar-refractivity contribution in [3.63, 3.8) is 0 Å². The molecule has 2 heterocycles. The highest BCUT2D eigenvalue weighted by atomic mass is 16.1. The van der Waals surface area contributed by atoms with Gasteiger partial charge in [0.25, 0.3) is 5.95 Å². The van der Waals surface area contributed by atoms with Crippen molar-refractivity contribution in [1.29, 1.82) is 0 Å². The number of carbonyl (C=O) groups is 1. The summed E-state index contributed by atoms with van der Waals surface area (Å²) in [5.41, 5.74) is 1.04. The molecule has 10 heteroatoms. The van der Waals surface area contributed by atoms with Gasteiger partial charge in [-0.1, -0.05) is 25.7 Å². The van der Waals surface area contributed by atoms with Gasteiger partial charge in [0.15, 0.2) is 0 Å². The molecule has 0 bridgehead atoms. The molecule has 1 amide bonds. The molecule has 160 valence electrons. The van der Waals surface area contributed by atoms with Crippen LogP contribution in [0.15, 0.2) is 36.9 Å². The van der Waals surface area contributed by atoms with E-state index in [0.29, 0.717) is 17.8 Å². The first kappa shape index (κ1) is 21.7. The Hall–Kier alpha value is -4.00. The molecular formula is C21H25N9O. The van der Waals surface area contributed by atoms with E-state index in [9.17, 15) is 4.79 Å². The number of benzene rings is 1. The molecule has 1 aromatic carbocycles. The van der Waals surface area contributed by atoms with E-state index < -0.39 is 5.54 Å². The average Bonchev–Trinajstić information content (AvgIpc) is 3.32. The van der Waals surface area contributed by atoms with Gasteiger partial charge in [0, 0.05) is 25.2 Å². The number of nitrogens with one attached hydrogen (secondary N) is 3. The molecule has 3 N–H and O–H groups in total. The van der Waals surface area contributed by atoms with Crippen molar-refractivity contribution < 1.29 is 4.79 Å². The Morgan fingerprint density at radius 2 is 1.81 bits per heavy atom. The number of rotatable bonds is 7. The maximum atomic E-state index is 11.2. The van der Waals surface area contributed by atoms with Gasteiger partial charge in [0.1, 0.15) is 18.2 Å². The van der Waals surface area contributed by atoms with E-state index in [1.807, 2.05) is 24.3 Å². The van der Waals surface area contributed by atoms with Crippen molar-refractivity contribution in [3.8, 4) is 17.8 Å². The molecule has 0 saturated heterocycles. The first-order valence-corrected chi connectivity index (χ1v) is 9.94. The molecule has 3 rings (SSSR count). The second kappa shape index (κ2) is 9.67. The summed E-state index contributed by atoms with van der Waals surface area (Å²) in [5.74, 6) is 7.61. The summed E-state index contributed by atoms with van der Waals surface area (Å²) in [6, 6.07) is 7.40. The van der Waals surface area contributed by atoms with E-state index in [4.69, 9.17) is 0 Å². The topological polar surface area (TPSA) is 123 Å². The summed E-state index contributed by atoms with van der Waals surface area (Å²) in [6.45, 7) is 5.60. The highest BCUT2D eigenvalue weighted by molar-refractivity contribution is 5.88. The van der Waals surface area contributed by atoms with Crippen LogP contribution in [0.5, 0.6) is 0 Å². The lowest BCUT2D eigenvalue weighted by Gasteiger charge is -2.27. The third-order valence-corrected chi connectivity index (χ3v) is 4.68. The molecule has 0 aliphatic carbocycles. The molecule has 0 unspecified atom stereocenters. The van der Waals surface area contributed by atoms with Crippen molar-refractivity contribution in [2.75, 3.05) is 23.0 Å². The summed E-state index contributed by atoms with van der Waals surface area (Å²) in [5, 5.41) is 13.2. The molecule has 0 fully saturated rings. The number of hydrogen-bond acceptors (Lipinski definition) is 8. The normalized spacial score (nSPS) is 10.7. The zero-order chi connectivity index (χ0) is 22.3. The maximum Gasteiger partial charge on any atom is 0.258 e. The fraction of sp³-hybridized carbons (Fsp3) is 0.333. The zero-order valence-electron chi connectivity index (χ0n) is 18.0. The smallest absolute Gasteiger partial charge is 0.258 e. The quantitative estimate of drug-likeness (QED) is 0.499. The van der Waals surface area contributed by atoms with Crippen LogP contribution in [0, 0.1) is 11.8 Å². The van der Waals surface area contributed by atoms with Gasteiger partial charge in [-0.3, -0.25) is 4.79 Å². The number of anilines is 3. The summed E-state index contributed by atoms with van der Waals surface area (Å²) in [7, 11) is 1.74. The molecule has 0 atom stereocenters. The molecule has 0 aliphatic rings. The van der Waals surface area contributed by atoms with Crippen molar-refractivity contribution in [2.45, 2.75) is 39.2 Å². The van der Waals surface area contributed by atoms with Crippen LogP contribution in [0.4, 0.5) is 17.6 Å². The molecule has 31 heavy (non-hydrogen) atoms. The Morgan fingerprint density at radius 3 is 2.39 bits per heavy atom. The molecule has 0 aliphatic heterocycles. The Balaban J connectivity index is 1.88. The van der Waals surface area contributed by atoms with E-state index in [-0.39, 0.29) is 5.91 Å². The average molecular weight is 419 g/mol. The summed E-state index contributed by atoms with van der Waals surface area (Å²) in [4.78, 5) is 28.3. The third-order valence-electron chi connectivity index (χ3n) is 4.68. The monoisotopic (exact) mass is 419 g/mol. The lowest BCUT2D eigenvalue weighted by molar-refractivity contribution is -0.114. The lowest BCUT2D eigenvalue weighted by Crippen LogP contribution is -2.36. The number of aromatic nitrogens is 6. The van der Waals surface area contributed by atoms with E-state index in [0.717, 1.165) is 24.1 Å². The Kier molecular flexibility index (Phi) is 6.77. The van der Waals surface area contributed by atoms with E-state index in [2.05, 4.69) is 66.7 Å². The second-order valence-corrected chi connectivity index (χ2v) is 6.80. The van der Waals surface area contributed by atoms with Crippen LogP contribution in [-0.2, 0) is 4.79 Å². The van der Waals surface area contributed by atoms with Crippen molar-refractivity contribution in [1.82, 2.24) is 29.7 Å². The number of carbonyl (C=O) groups excluding carboxylic acids is 1. The van der Waals surface area contributed by atoms with Crippen LogP contribution in [0.25, 0.3) is 5.95 Å². The van der Waals surface area contributed by atoms with E-state index in [1.165, 1.54) is 24.3 Å². The number of hydrogen-bond donors (Lipinski definition) is 3. The van der Waals surface area contributed by atoms with Crippen LogP contribution in [0.1, 0.15) is 39.2 Å². The minimum atomic E-state index is -0.539. The van der Waals surface area contributed by atoms with Gasteiger partial charge in [0.2, 0.25) is 17.8 Å². The van der Waals surface area contributed by atoms with Gasteiger partial charge >= 0.3 is 0 Å². The van der Waals surface area contributed by atoms with E-state index in [1.54, 1.807) is 7.05 Å². The molecule has 0 saturated carbocycles. The standard InChI is InChI=1S/C21H25N9O/c1-5-21(6-2,12-11-16-7-9-17(10-8-16)25-15(3)31)29-19-26-18(22-4)27-20(28-19)30-14-23-13-24-30/h7-10,13-14H,5-6H2,1-4H3,(H,25,31)(H2,22,26,27,28,29). The summed E-state index contributed by atoms with van der Waals surface area (Å²) >= 11 is 0. The van der Waals surface area contributed by atoms with Gasteiger partial charge in [-0.25, -0.2) is 4.98 Å².